The quantitative estimate of drug-likeness (QED) is 0.286. The van der Waals surface area contributed by atoms with E-state index in [0.29, 0.717) is 0 Å². The van der Waals surface area contributed by atoms with Crippen LogP contribution in [0.2, 0.25) is 0 Å². The van der Waals surface area contributed by atoms with Gasteiger partial charge in [0.15, 0.2) is 9.79 Å². The molecule has 0 fully saturated rings. The molecular weight excluding hydrogens is 408 g/mol. The fourth-order valence-electron chi connectivity index (χ4n) is 4.18. The Bertz CT molecular complexity index is 1080. The van der Waals surface area contributed by atoms with Crippen molar-refractivity contribution in [3.05, 3.63) is 131 Å². The summed E-state index contributed by atoms with van der Waals surface area (Å²) in [7, 11) is 0. The molecule has 0 aromatic heterocycles. The number of rotatable bonds is 6. The van der Waals surface area contributed by atoms with Gasteiger partial charge >= 0.3 is 0 Å². The van der Waals surface area contributed by atoms with Crippen LogP contribution < -0.4 is 0 Å². The summed E-state index contributed by atoms with van der Waals surface area (Å²) in [4.78, 5) is 1.67. The van der Waals surface area contributed by atoms with Gasteiger partial charge in [0.2, 0.25) is 0 Å². The fourth-order valence-corrected chi connectivity index (χ4v) is 5.32. The van der Waals surface area contributed by atoms with Crippen molar-refractivity contribution in [1.82, 2.24) is 0 Å². The number of hydrogen-bond acceptors (Lipinski definition) is 1. The normalized spacial score (nSPS) is 12.2. The zero-order valence-corrected chi connectivity index (χ0v) is 20.0. The summed E-state index contributed by atoms with van der Waals surface area (Å²) < 4.78 is 13.6. The Hall–Kier alpha value is -2.81. The topological polar surface area (TPSA) is 23.1 Å². The molecular formula is C30H30OS. The first-order chi connectivity index (χ1) is 15.3. The van der Waals surface area contributed by atoms with Crippen molar-refractivity contribution >= 4 is 11.2 Å². The summed E-state index contributed by atoms with van der Waals surface area (Å²) in [5, 5.41) is 0. The molecule has 0 atom stereocenters. The molecule has 4 rings (SSSR count). The van der Waals surface area contributed by atoms with Crippen LogP contribution in [0.25, 0.3) is 0 Å². The minimum atomic E-state index is -1.25. The highest BCUT2D eigenvalue weighted by molar-refractivity contribution is 7.91. The second-order valence-corrected chi connectivity index (χ2v) is 10.8. The molecule has 0 aliphatic heterocycles. The maximum atomic E-state index is 13.6. The molecule has 0 N–H and O–H groups in total. The Morgan fingerprint density at radius 3 is 1.19 bits per heavy atom. The Morgan fingerprint density at radius 2 is 0.812 bits per heavy atom. The van der Waals surface area contributed by atoms with E-state index in [4.69, 9.17) is 0 Å². The third kappa shape index (κ3) is 4.39. The average molecular weight is 439 g/mol. The Balaban J connectivity index is 1.67. The van der Waals surface area contributed by atoms with Crippen LogP contribution in [0.1, 0.15) is 49.9 Å². The van der Waals surface area contributed by atoms with Gasteiger partial charge in [0.05, 0.1) is 0 Å². The van der Waals surface area contributed by atoms with E-state index in [1.54, 1.807) is 0 Å². The molecule has 2 heteroatoms. The lowest BCUT2D eigenvalue weighted by Gasteiger charge is -2.27. The average Bonchev–Trinajstić information content (AvgIpc) is 2.85. The molecule has 0 heterocycles. The molecule has 0 aliphatic rings. The lowest BCUT2D eigenvalue weighted by molar-refractivity contribution is 0.592. The largest absolute Gasteiger partial charge is 0.606 e. The van der Waals surface area contributed by atoms with Crippen molar-refractivity contribution in [2.75, 3.05) is 0 Å². The van der Waals surface area contributed by atoms with E-state index < -0.39 is 11.2 Å². The first kappa shape index (κ1) is 22.4. The Morgan fingerprint density at radius 1 is 0.469 bits per heavy atom. The highest BCUT2D eigenvalue weighted by atomic mass is 32.2. The van der Waals surface area contributed by atoms with Gasteiger partial charge in [0.25, 0.3) is 0 Å². The summed E-state index contributed by atoms with van der Waals surface area (Å²) in [5.41, 5.74) is 4.48. The summed E-state index contributed by atoms with van der Waals surface area (Å²) in [5.74, 6) is 0. The SMILES string of the molecule is CC(C)(c1ccccc1)c1cccc([S+]([O-])c2cccc(C(C)(C)c3ccccc3)c2)c1. The lowest BCUT2D eigenvalue weighted by Crippen LogP contribution is -2.20. The highest BCUT2D eigenvalue weighted by Crippen LogP contribution is 2.35. The zero-order chi connectivity index (χ0) is 22.8. The molecule has 0 radical (unpaired) electrons. The molecule has 4 aromatic rings. The predicted molar refractivity (Wildman–Crippen MR) is 135 cm³/mol. The molecule has 4 aromatic carbocycles. The van der Waals surface area contributed by atoms with E-state index in [1.807, 2.05) is 36.4 Å². The number of benzene rings is 4. The van der Waals surface area contributed by atoms with Crippen molar-refractivity contribution in [3.8, 4) is 0 Å². The number of hydrogen-bond donors (Lipinski definition) is 0. The van der Waals surface area contributed by atoms with Crippen molar-refractivity contribution in [2.45, 2.75) is 48.3 Å². The van der Waals surface area contributed by atoms with Crippen LogP contribution in [0.4, 0.5) is 0 Å². The van der Waals surface area contributed by atoms with Gasteiger partial charge in [-0.25, -0.2) is 0 Å². The van der Waals surface area contributed by atoms with Crippen LogP contribution in [0.3, 0.4) is 0 Å². The van der Waals surface area contributed by atoms with Crippen LogP contribution in [-0.4, -0.2) is 4.55 Å². The van der Waals surface area contributed by atoms with Crippen molar-refractivity contribution in [2.24, 2.45) is 0 Å². The maximum absolute atomic E-state index is 13.6. The molecule has 162 valence electrons. The fraction of sp³-hybridized carbons (Fsp3) is 0.200. The standard InChI is InChI=1S/C30H30OS/c1-29(2,23-13-7-5-8-14-23)25-17-11-19-27(21-25)32(31)28-20-12-18-26(22-28)30(3,4)24-15-9-6-10-16-24/h5-22H,1-4H3. The highest BCUT2D eigenvalue weighted by Gasteiger charge is 2.27. The maximum Gasteiger partial charge on any atom is 0.158 e. The summed E-state index contributed by atoms with van der Waals surface area (Å²) in [6.45, 7) is 8.86. The van der Waals surface area contributed by atoms with Gasteiger partial charge in [-0.05, 0) is 46.5 Å². The van der Waals surface area contributed by atoms with Crippen molar-refractivity contribution in [1.29, 1.82) is 0 Å². The van der Waals surface area contributed by atoms with Gasteiger partial charge in [-0.3, -0.25) is 0 Å². The minimum Gasteiger partial charge on any atom is -0.606 e. The second-order valence-electron chi connectivity index (χ2n) is 9.31. The van der Waals surface area contributed by atoms with Gasteiger partial charge in [-0.15, -0.1) is 0 Å². The second kappa shape index (κ2) is 8.97. The van der Waals surface area contributed by atoms with E-state index in [2.05, 4.69) is 100 Å². The Kier molecular flexibility index (Phi) is 6.28. The minimum absolute atomic E-state index is 0.168. The lowest BCUT2D eigenvalue weighted by atomic mass is 9.78. The van der Waals surface area contributed by atoms with Crippen LogP contribution >= 0.6 is 0 Å². The van der Waals surface area contributed by atoms with Crippen LogP contribution in [0, 0.1) is 0 Å². The van der Waals surface area contributed by atoms with Gasteiger partial charge in [0, 0.05) is 22.0 Å². The molecule has 0 saturated carbocycles. The summed E-state index contributed by atoms with van der Waals surface area (Å²) in [6.07, 6.45) is 0. The van der Waals surface area contributed by atoms with Crippen molar-refractivity contribution < 1.29 is 4.55 Å². The summed E-state index contributed by atoms with van der Waals surface area (Å²) in [6, 6.07) is 37.4. The van der Waals surface area contributed by atoms with E-state index >= 15 is 0 Å². The first-order valence-electron chi connectivity index (χ1n) is 11.0. The van der Waals surface area contributed by atoms with E-state index in [9.17, 15) is 4.55 Å². The van der Waals surface area contributed by atoms with Crippen molar-refractivity contribution in [3.63, 3.8) is 0 Å². The monoisotopic (exact) mass is 438 g/mol. The van der Waals surface area contributed by atoms with Gasteiger partial charge < -0.3 is 4.55 Å². The smallest absolute Gasteiger partial charge is 0.158 e. The summed E-state index contributed by atoms with van der Waals surface area (Å²) >= 11 is -1.25. The molecule has 32 heavy (non-hydrogen) atoms. The molecule has 0 spiro atoms. The predicted octanol–water partition coefficient (Wildman–Crippen LogP) is 7.51. The molecule has 0 bridgehead atoms. The molecule has 0 unspecified atom stereocenters. The Labute approximate surface area is 195 Å². The third-order valence-electron chi connectivity index (χ3n) is 6.53. The van der Waals surface area contributed by atoms with Gasteiger partial charge in [0.1, 0.15) is 0 Å². The molecule has 0 saturated heterocycles. The zero-order valence-electron chi connectivity index (χ0n) is 19.2. The molecule has 0 amide bonds. The van der Waals surface area contributed by atoms with E-state index in [-0.39, 0.29) is 10.8 Å². The molecule has 1 nitrogen and oxygen atoms in total. The van der Waals surface area contributed by atoms with Crippen LogP contribution in [0.5, 0.6) is 0 Å². The van der Waals surface area contributed by atoms with Gasteiger partial charge in [-0.1, -0.05) is 113 Å². The van der Waals surface area contributed by atoms with E-state index in [0.717, 1.165) is 20.9 Å². The van der Waals surface area contributed by atoms with E-state index in [1.165, 1.54) is 11.1 Å². The van der Waals surface area contributed by atoms with Gasteiger partial charge in [-0.2, -0.15) is 0 Å². The van der Waals surface area contributed by atoms with Crippen LogP contribution in [0.15, 0.2) is 119 Å². The third-order valence-corrected chi connectivity index (χ3v) is 7.89. The molecule has 0 aliphatic carbocycles. The van der Waals surface area contributed by atoms with Crippen LogP contribution in [-0.2, 0) is 22.0 Å². The first-order valence-corrected chi connectivity index (χ1v) is 12.2.